The lowest BCUT2D eigenvalue weighted by Gasteiger charge is -1.99. The number of allylic oxidation sites excluding steroid dienone is 1. The topological polar surface area (TPSA) is 29.1 Å². The van der Waals surface area contributed by atoms with E-state index in [0.29, 0.717) is 19.3 Å². The maximum atomic E-state index is 12.9. The lowest BCUT2D eigenvalue weighted by molar-refractivity contribution is -0.117. The zero-order valence-electron chi connectivity index (χ0n) is 9.27. The van der Waals surface area contributed by atoms with Crippen LogP contribution < -0.4 is 5.32 Å². The second kappa shape index (κ2) is 6.28. The number of halogens is 4. The number of carbonyl (C=O) groups is 1. The predicted octanol–water partition coefficient (Wildman–Crippen LogP) is 3.02. The van der Waals surface area contributed by atoms with Crippen LogP contribution >= 0.6 is 11.6 Å². The summed E-state index contributed by atoms with van der Waals surface area (Å²) < 4.78 is 36.3. The van der Waals surface area contributed by atoms with E-state index in [1.807, 2.05) is 0 Å². The van der Waals surface area contributed by atoms with Crippen molar-refractivity contribution in [1.82, 2.24) is 5.32 Å². The number of hydrogen-bond donors (Lipinski definition) is 1. The SMILES string of the molecule is O=C(/C=C/CCCC1CC1(F)Cl)NCC(F)F. The second-order valence-corrected chi connectivity index (χ2v) is 4.76. The first kappa shape index (κ1) is 14.4. The second-order valence-electron chi connectivity index (χ2n) is 4.13. The minimum absolute atomic E-state index is 0.0785. The summed E-state index contributed by atoms with van der Waals surface area (Å²) in [5.74, 6) is -0.612. The van der Waals surface area contributed by atoms with Gasteiger partial charge >= 0.3 is 0 Å². The lowest BCUT2D eigenvalue weighted by atomic mass is 10.1. The third-order valence-electron chi connectivity index (χ3n) is 2.58. The molecule has 1 amide bonds. The molecule has 1 aliphatic rings. The van der Waals surface area contributed by atoms with E-state index in [2.05, 4.69) is 5.32 Å². The summed E-state index contributed by atoms with van der Waals surface area (Å²) in [5, 5.41) is 0.535. The van der Waals surface area contributed by atoms with Gasteiger partial charge in [0.2, 0.25) is 5.91 Å². The molecule has 2 atom stereocenters. The molecule has 17 heavy (non-hydrogen) atoms. The molecule has 0 aromatic heterocycles. The van der Waals surface area contributed by atoms with Crippen molar-refractivity contribution in [3.63, 3.8) is 0 Å². The molecule has 1 N–H and O–H groups in total. The van der Waals surface area contributed by atoms with Gasteiger partial charge in [-0.3, -0.25) is 4.79 Å². The van der Waals surface area contributed by atoms with Crippen molar-refractivity contribution >= 4 is 17.5 Å². The Morgan fingerprint density at radius 2 is 2.24 bits per heavy atom. The fourth-order valence-electron chi connectivity index (χ4n) is 1.49. The van der Waals surface area contributed by atoms with Gasteiger partial charge in [-0.2, -0.15) is 0 Å². The van der Waals surface area contributed by atoms with Crippen LogP contribution in [0.1, 0.15) is 25.7 Å². The van der Waals surface area contributed by atoms with Gasteiger partial charge in [-0.25, -0.2) is 13.2 Å². The molecule has 98 valence electrons. The molecule has 0 aliphatic heterocycles. The van der Waals surface area contributed by atoms with Crippen LogP contribution in [0.3, 0.4) is 0 Å². The van der Waals surface area contributed by atoms with Gasteiger partial charge in [0.05, 0.1) is 6.54 Å². The lowest BCUT2D eigenvalue weighted by Crippen LogP contribution is -2.26. The smallest absolute Gasteiger partial charge is 0.255 e. The van der Waals surface area contributed by atoms with Gasteiger partial charge in [-0.15, -0.1) is 0 Å². The summed E-state index contributed by atoms with van der Waals surface area (Å²) >= 11 is 5.42. The highest BCUT2D eigenvalue weighted by atomic mass is 35.5. The average molecular weight is 270 g/mol. The standard InChI is InChI=1S/C11H15ClF3NO/c12-11(15)6-8(11)4-2-1-3-5-10(17)16-7-9(13)14/h3,5,8-9H,1-2,4,6-7H2,(H,16,17)/b5-3+. The first-order valence-electron chi connectivity index (χ1n) is 5.52. The van der Waals surface area contributed by atoms with Crippen molar-refractivity contribution in [2.24, 2.45) is 5.92 Å². The summed E-state index contributed by atoms with van der Waals surface area (Å²) in [4.78, 5) is 10.9. The van der Waals surface area contributed by atoms with Crippen molar-refractivity contribution < 1.29 is 18.0 Å². The Balaban J connectivity index is 2.00. The number of nitrogens with one attached hydrogen (secondary N) is 1. The summed E-state index contributed by atoms with van der Waals surface area (Å²) in [6.45, 7) is -0.637. The summed E-state index contributed by atoms with van der Waals surface area (Å²) in [7, 11) is 0. The van der Waals surface area contributed by atoms with Crippen molar-refractivity contribution in [3.8, 4) is 0 Å². The normalized spacial score (nSPS) is 27.7. The third-order valence-corrected chi connectivity index (χ3v) is 3.04. The van der Waals surface area contributed by atoms with Crippen LogP contribution in [-0.2, 0) is 4.79 Å². The van der Waals surface area contributed by atoms with E-state index in [9.17, 15) is 18.0 Å². The van der Waals surface area contributed by atoms with Gasteiger partial charge in [-0.05, 0) is 25.3 Å². The number of amides is 1. The first-order chi connectivity index (χ1) is 7.92. The zero-order valence-corrected chi connectivity index (χ0v) is 10.0. The van der Waals surface area contributed by atoms with Gasteiger partial charge < -0.3 is 5.32 Å². The minimum Gasteiger partial charge on any atom is -0.347 e. The van der Waals surface area contributed by atoms with Crippen LogP contribution in [-0.4, -0.2) is 24.0 Å². The van der Waals surface area contributed by atoms with E-state index in [4.69, 9.17) is 11.6 Å². The highest BCUT2D eigenvalue weighted by Gasteiger charge is 2.53. The Hall–Kier alpha value is -0.710. The third kappa shape index (κ3) is 5.96. The van der Waals surface area contributed by atoms with Crippen molar-refractivity contribution in [2.75, 3.05) is 6.54 Å². The van der Waals surface area contributed by atoms with Gasteiger partial charge in [0.15, 0.2) is 5.13 Å². The monoisotopic (exact) mass is 269 g/mol. The molecular formula is C11H15ClF3NO. The van der Waals surface area contributed by atoms with Gasteiger partial charge in [0.1, 0.15) is 0 Å². The molecular weight excluding hydrogens is 255 g/mol. The van der Waals surface area contributed by atoms with E-state index in [1.54, 1.807) is 6.08 Å². The summed E-state index contributed by atoms with van der Waals surface area (Å²) in [5.41, 5.74) is 0. The molecule has 2 unspecified atom stereocenters. The fraction of sp³-hybridized carbons (Fsp3) is 0.727. The van der Waals surface area contributed by atoms with Crippen molar-refractivity contribution in [1.29, 1.82) is 0 Å². The van der Waals surface area contributed by atoms with Crippen LogP contribution in [0.4, 0.5) is 13.2 Å². The molecule has 1 rings (SSSR count). The Bertz CT molecular complexity index is 294. The van der Waals surface area contributed by atoms with Crippen LogP contribution in [0.25, 0.3) is 0 Å². The van der Waals surface area contributed by atoms with Crippen LogP contribution in [0, 0.1) is 5.92 Å². The Kier molecular flexibility index (Phi) is 5.31. The summed E-state index contributed by atoms with van der Waals surface area (Å²) in [6.07, 6.45) is 2.71. The zero-order chi connectivity index (χ0) is 12.9. The maximum Gasteiger partial charge on any atom is 0.255 e. The van der Waals surface area contributed by atoms with E-state index < -0.39 is 24.0 Å². The predicted molar refractivity (Wildman–Crippen MR) is 59.8 cm³/mol. The van der Waals surface area contributed by atoms with E-state index >= 15 is 0 Å². The summed E-state index contributed by atoms with van der Waals surface area (Å²) in [6, 6.07) is 0. The first-order valence-corrected chi connectivity index (χ1v) is 5.90. The van der Waals surface area contributed by atoms with Crippen molar-refractivity contribution in [2.45, 2.75) is 37.2 Å². The maximum absolute atomic E-state index is 12.9. The highest BCUT2D eigenvalue weighted by molar-refractivity contribution is 6.24. The highest BCUT2D eigenvalue weighted by Crippen LogP contribution is 2.53. The minimum atomic E-state index is -2.54. The number of alkyl halides is 4. The van der Waals surface area contributed by atoms with Gasteiger partial charge in [0.25, 0.3) is 6.43 Å². The molecule has 0 spiro atoms. The Labute approximate surface area is 103 Å². The molecule has 1 fully saturated rings. The largest absolute Gasteiger partial charge is 0.347 e. The van der Waals surface area contributed by atoms with E-state index in [-0.39, 0.29) is 5.92 Å². The molecule has 1 aliphatic carbocycles. The van der Waals surface area contributed by atoms with Crippen LogP contribution in [0.5, 0.6) is 0 Å². The molecule has 0 heterocycles. The van der Waals surface area contributed by atoms with E-state index in [1.165, 1.54) is 6.08 Å². The molecule has 0 bridgehead atoms. The number of unbranched alkanes of at least 4 members (excludes halogenated alkanes) is 1. The fourth-order valence-corrected chi connectivity index (χ4v) is 1.79. The molecule has 0 aromatic rings. The van der Waals surface area contributed by atoms with Crippen molar-refractivity contribution in [3.05, 3.63) is 12.2 Å². The molecule has 0 aromatic carbocycles. The van der Waals surface area contributed by atoms with Gasteiger partial charge in [0, 0.05) is 12.3 Å². The molecule has 2 nitrogen and oxygen atoms in total. The van der Waals surface area contributed by atoms with Crippen LogP contribution in [0.15, 0.2) is 12.2 Å². The molecule has 0 radical (unpaired) electrons. The number of carbonyl (C=O) groups excluding carboxylic acids is 1. The molecule has 6 heteroatoms. The van der Waals surface area contributed by atoms with Gasteiger partial charge in [-0.1, -0.05) is 17.7 Å². The molecule has 1 saturated carbocycles. The number of rotatable bonds is 7. The number of hydrogen-bond acceptors (Lipinski definition) is 1. The van der Waals surface area contributed by atoms with E-state index in [0.717, 1.165) is 6.42 Å². The quantitative estimate of drug-likeness (QED) is 0.430. The molecule has 0 saturated heterocycles. The Morgan fingerprint density at radius 1 is 1.59 bits per heavy atom. The average Bonchev–Trinajstić information content (AvgIpc) is 2.83. The van der Waals surface area contributed by atoms with Crippen LogP contribution in [0.2, 0.25) is 0 Å². The Morgan fingerprint density at radius 3 is 2.76 bits per heavy atom.